The van der Waals surface area contributed by atoms with Crippen LogP contribution in [0.25, 0.3) is 0 Å². The summed E-state index contributed by atoms with van der Waals surface area (Å²) in [5.74, 6) is -3.75. The summed E-state index contributed by atoms with van der Waals surface area (Å²) >= 11 is 5.37. The van der Waals surface area contributed by atoms with Crippen molar-refractivity contribution < 1.29 is 73.7 Å². The summed E-state index contributed by atoms with van der Waals surface area (Å²) < 4.78 is 95.3. The van der Waals surface area contributed by atoms with Crippen LogP contribution in [-0.2, 0) is 56.2 Å². The zero-order chi connectivity index (χ0) is 41.6. The molecular weight excluding hydrogens is 825 g/mol. The van der Waals surface area contributed by atoms with E-state index in [2.05, 4.69) is 10.6 Å². The quantitative estimate of drug-likeness (QED) is 0.0463. The summed E-state index contributed by atoms with van der Waals surface area (Å²) in [6, 6.07) is 9.15. The number of nitrogens with one attached hydrogen (secondary N) is 2. The number of benzene rings is 2. The summed E-state index contributed by atoms with van der Waals surface area (Å²) in [7, 11) is -12.9. The fourth-order valence-corrected chi connectivity index (χ4v) is 7.60. The molecule has 2 aromatic carbocycles. The van der Waals surface area contributed by atoms with Crippen molar-refractivity contribution in [3.8, 4) is 0 Å². The number of hydrogen-bond donors (Lipinski definition) is 7. The van der Waals surface area contributed by atoms with Gasteiger partial charge in [0, 0.05) is 0 Å². The van der Waals surface area contributed by atoms with Crippen molar-refractivity contribution in [2.45, 2.75) is 51.2 Å². The molecule has 16 nitrogen and oxygen atoms in total. The SMILES string of the molecule is CC(C)([C](=[Ni])/C=C/C=C/C=C1/N(CCCS(=O)(=O)O)c2cccc(C(=O)O)c2C1(C)C)c1ccc(C(=O)NCCS(=O)(=O)O)cc1C(O)NCCS(=O)(=O)O. The van der Waals surface area contributed by atoms with Crippen molar-refractivity contribution in [1.29, 1.82) is 0 Å². The van der Waals surface area contributed by atoms with Crippen molar-refractivity contribution in [1.82, 2.24) is 10.6 Å². The molecule has 0 spiro atoms. The number of fused-ring (bicyclic) bond motifs is 1. The Morgan fingerprint density at radius 1 is 0.909 bits per heavy atom. The number of carboxylic acid groups (broad SMARTS) is 1. The second kappa shape index (κ2) is 18.1. The van der Waals surface area contributed by atoms with Crippen LogP contribution in [0.2, 0.25) is 0 Å². The molecule has 55 heavy (non-hydrogen) atoms. The van der Waals surface area contributed by atoms with Gasteiger partial charge >= 0.3 is 317 Å². The first-order valence-corrected chi connectivity index (χ1v) is 22.0. The molecule has 3 rings (SSSR count). The Kier molecular flexibility index (Phi) is 15.1. The first-order chi connectivity index (χ1) is 25.3. The van der Waals surface area contributed by atoms with Gasteiger partial charge in [-0.05, 0) is 0 Å². The van der Waals surface area contributed by atoms with E-state index in [1.54, 1.807) is 56.4 Å². The van der Waals surface area contributed by atoms with Gasteiger partial charge in [0.15, 0.2) is 0 Å². The standard InChI is InChI=1S/C35H45N3O13S3.Ni/c1-34(2,27-15-14-24(31(39)36-17-21-53(46,47)48)23-26(27)32(40)37-18-22-54(49,50)51)16-8-6-5-7-13-29-35(3,4)30-25(33(41)42)11-9-12-28(30)38(29)19-10-20-52(43,44)45;/h5-9,11-15,23,32,37,40H,10,17-22H2,1-4H3,(H,36,39)(H,41,42)(H,43,44,45)(H,46,47,48)(H,49,50,51);/b7-5+,8-6+,29-13+;. The monoisotopic (exact) mass is 869 g/mol. The predicted octanol–water partition coefficient (Wildman–Crippen LogP) is 2.54. The molecule has 1 atom stereocenters. The van der Waals surface area contributed by atoms with Gasteiger partial charge in [-0.1, -0.05) is 0 Å². The molecule has 20 heteroatoms. The molecule has 306 valence electrons. The molecule has 2 aromatic rings. The zero-order valence-corrected chi connectivity index (χ0v) is 33.8. The minimum atomic E-state index is -4.36. The molecule has 1 aliphatic heterocycles. The molecule has 0 saturated carbocycles. The normalized spacial score (nSPS) is 16.2. The van der Waals surface area contributed by atoms with Crippen LogP contribution in [0.3, 0.4) is 0 Å². The number of allylic oxidation sites excluding steroid dienone is 6. The second-order valence-corrected chi connectivity index (χ2v) is 18.9. The third-order valence-electron chi connectivity index (χ3n) is 8.80. The van der Waals surface area contributed by atoms with Crippen molar-refractivity contribution in [2.75, 3.05) is 41.8 Å². The maximum atomic E-state index is 12.8. The molecule has 0 aliphatic carbocycles. The van der Waals surface area contributed by atoms with Gasteiger partial charge in [0.2, 0.25) is 0 Å². The number of aliphatic hydroxyl groups is 1. The number of carbonyl (C=O) groups excluding carboxylic acids is 1. The van der Waals surface area contributed by atoms with E-state index < -0.39 is 83.1 Å². The molecule has 0 aromatic heterocycles. The summed E-state index contributed by atoms with van der Waals surface area (Å²) in [5.41, 5.74) is 0.777. The minimum absolute atomic E-state index is 0.0149. The number of anilines is 1. The van der Waals surface area contributed by atoms with Crippen molar-refractivity contribution in [2.24, 2.45) is 0 Å². The summed E-state index contributed by atoms with van der Waals surface area (Å²) in [6.45, 7) is 6.67. The molecule has 0 saturated heterocycles. The zero-order valence-electron chi connectivity index (χ0n) is 30.4. The van der Waals surface area contributed by atoms with E-state index in [0.29, 0.717) is 27.0 Å². The third-order valence-corrected chi connectivity index (χ3v) is 11.8. The Labute approximate surface area is 328 Å². The van der Waals surface area contributed by atoms with E-state index in [0.717, 1.165) is 0 Å². The number of hydrogen-bond acceptors (Lipinski definition) is 11. The Morgan fingerprint density at radius 3 is 2.13 bits per heavy atom. The van der Waals surface area contributed by atoms with E-state index in [4.69, 9.17) is 24.1 Å². The van der Waals surface area contributed by atoms with Crippen LogP contribution in [0, 0.1) is 0 Å². The molecule has 1 heterocycles. The van der Waals surface area contributed by atoms with Crippen molar-refractivity contribution in [3.63, 3.8) is 0 Å². The molecule has 7 N–H and O–H groups in total. The molecular formula is C35H45N3NiO13S3. The second-order valence-electron chi connectivity index (χ2n) is 13.6. The molecule has 1 amide bonds. The Hall–Kier alpha value is -3.59. The Morgan fingerprint density at radius 2 is 1.53 bits per heavy atom. The maximum absolute atomic E-state index is 12.8. The molecule has 0 radical (unpaired) electrons. The first kappa shape index (κ1) is 45.8. The average Bonchev–Trinajstić information content (AvgIpc) is 3.27. The van der Waals surface area contributed by atoms with Gasteiger partial charge in [0.05, 0.1) is 0 Å². The van der Waals surface area contributed by atoms with Crippen molar-refractivity contribution >= 4 is 52.4 Å². The Balaban J connectivity index is 1.93. The van der Waals surface area contributed by atoms with Crippen LogP contribution in [0.15, 0.2) is 72.5 Å². The summed E-state index contributed by atoms with van der Waals surface area (Å²) in [6.07, 6.45) is 7.01. The summed E-state index contributed by atoms with van der Waals surface area (Å²) in [4.78, 5) is 26.8. The number of aromatic carboxylic acids is 1. The van der Waals surface area contributed by atoms with Gasteiger partial charge < -0.3 is 0 Å². The van der Waals surface area contributed by atoms with E-state index in [1.807, 2.05) is 18.7 Å². The van der Waals surface area contributed by atoms with E-state index in [1.165, 1.54) is 24.3 Å². The van der Waals surface area contributed by atoms with Gasteiger partial charge in [-0.25, -0.2) is 0 Å². The third kappa shape index (κ3) is 12.7. The number of amides is 1. The molecule has 0 bridgehead atoms. The molecule has 1 aliphatic rings. The molecule has 0 fully saturated rings. The fourth-order valence-electron chi connectivity index (χ4n) is 6.14. The number of carbonyl (C=O) groups is 2. The number of rotatable bonds is 19. The van der Waals surface area contributed by atoms with Gasteiger partial charge in [0.1, 0.15) is 0 Å². The van der Waals surface area contributed by atoms with Gasteiger partial charge in [0.25, 0.3) is 0 Å². The van der Waals surface area contributed by atoms with Gasteiger partial charge in [-0.3, -0.25) is 4.55 Å². The van der Waals surface area contributed by atoms with Crippen LogP contribution >= 0.6 is 0 Å². The fraction of sp³-hybridized carbons (Fsp3) is 0.400. The number of aliphatic hydroxyl groups excluding tert-OH is 1. The first-order valence-electron chi connectivity index (χ1n) is 16.7. The van der Waals surface area contributed by atoms with Crippen LogP contribution in [0.5, 0.6) is 0 Å². The predicted molar refractivity (Wildman–Crippen MR) is 204 cm³/mol. The number of nitrogens with zero attached hydrogens (tertiary/aromatic N) is 1. The van der Waals surface area contributed by atoms with Crippen LogP contribution in [0.1, 0.15) is 77.8 Å². The van der Waals surface area contributed by atoms with Crippen molar-refractivity contribution in [3.05, 3.63) is 100 Å². The van der Waals surface area contributed by atoms with Crippen LogP contribution < -0.4 is 15.5 Å². The Bertz CT molecular complexity index is 2230. The van der Waals surface area contributed by atoms with Gasteiger partial charge in [-0.2, -0.15) is 8.42 Å². The summed E-state index contributed by atoms with van der Waals surface area (Å²) in [5, 5.41) is 25.9. The average molecular weight is 871 g/mol. The van der Waals surface area contributed by atoms with Gasteiger partial charge in [-0.15, -0.1) is 0 Å². The van der Waals surface area contributed by atoms with E-state index in [9.17, 15) is 49.6 Å². The topological polar surface area (TPSA) is 265 Å². The van der Waals surface area contributed by atoms with Crippen LogP contribution in [-0.4, -0.2) is 102 Å². The van der Waals surface area contributed by atoms with Crippen LogP contribution in [0.4, 0.5) is 5.69 Å². The van der Waals surface area contributed by atoms with E-state index >= 15 is 0 Å². The van der Waals surface area contributed by atoms with E-state index in [-0.39, 0.29) is 36.2 Å². The number of carboxylic acids is 1. The molecule has 1 unspecified atom stereocenters.